The summed E-state index contributed by atoms with van der Waals surface area (Å²) in [4.78, 5) is 12.3. The predicted molar refractivity (Wildman–Crippen MR) is 231 cm³/mol. The Hall–Kier alpha value is -6.09. The number of hydrogen-bond donors (Lipinski definition) is 1. The van der Waals surface area contributed by atoms with Gasteiger partial charge in [0.15, 0.2) is 0 Å². The third-order valence-electron chi connectivity index (χ3n) is 10.9. The molecule has 2 aromatic heterocycles. The molecule has 1 N–H and O–H groups in total. The summed E-state index contributed by atoms with van der Waals surface area (Å²) >= 11 is 0. The average Bonchev–Trinajstić information content (AvgIpc) is 3.25. The molecule has 2 heterocycles. The van der Waals surface area contributed by atoms with Crippen LogP contribution < -0.4 is 4.90 Å². The minimum absolute atomic E-state index is 0. The van der Waals surface area contributed by atoms with E-state index in [0.29, 0.717) is 11.3 Å². The first-order chi connectivity index (χ1) is 27.2. The van der Waals surface area contributed by atoms with E-state index in [9.17, 15) is 5.11 Å². The SMILES string of the molecule is CC(C)(c1ccccc1)c1ccc(N(c2[c-]c(-c3cc(-c4ccccc4)cc(-c4ccccc4O)n3)cc(C(C)(C)c3ccccc3)c2)c2ccccn2)cc1.[Pt]. The Morgan fingerprint density at radius 2 is 1.05 bits per heavy atom. The van der Waals surface area contributed by atoms with Crippen molar-refractivity contribution >= 4 is 17.2 Å². The standard InChI is InChI=1S/C52H44N3O.Pt/c1-51(2,40-20-10-6-11-21-40)42-27-29-44(30-28-42)55(50-26-16-17-31-53-50)45-33-39(32-43(36-45)52(3,4)41-22-12-7-13-23-41)47-34-38(37-18-8-5-9-19-37)35-48(54-47)46-24-14-15-25-49(46)56;/h5-32,34-36,56H,1-4H3;/q-1;. The molecule has 0 unspecified atom stereocenters. The van der Waals surface area contributed by atoms with E-state index in [1.807, 2.05) is 66.9 Å². The maximum atomic E-state index is 11.0. The van der Waals surface area contributed by atoms with Crippen LogP contribution in [0.1, 0.15) is 49.9 Å². The minimum atomic E-state index is -0.378. The summed E-state index contributed by atoms with van der Waals surface area (Å²) < 4.78 is 0. The Kier molecular flexibility index (Phi) is 11.4. The van der Waals surface area contributed by atoms with Crippen molar-refractivity contribution in [3.8, 4) is 39.4 Å². The van der Waals surface area contributed by atoms with Crippen LogP contribution in [0, 0.1) is 6.07 Å². The topological polar surface area (TPSA) is 49.2 Å². The molecule has 4 nitrogen and oxygen atoms in total. The monoisotopic (exact) mass is 921 g/mol. The summed E-state index contributed by atoms with van der Waals surface area (Å²) in [6.07, 6.45) is 1.83. The van der Waals surface area contributed by atoms with Gasteiger partial charge in [-0.25, -0.2) is 4.98 Å². The predicted octanol–water partition coefficient (Wildman–Crippen LogP) is 13.1. The number of aromatic nitrogens is 2. The van der Waals surface area contributed by atoms with Crippen LogP contribution in [0.5, 0.6) is 5.75 Å². The largest absolute Gasteiger partial charge is 0.507 e. The molecular weight excluding hydrogens is 878 g/mol. The molecule has 0 aliphatic rings. The van der Waals surface area contributed by atoms with Crippen LogP contribution in [0.25, 0.3) is 33.6 Å². The van der Waals surface area contributed by atoms with Crippen LogP contribution in [-0.2, 0) is 31.9 Å². The first-order valence-corrected chi connectivity index (χ1v) is 19.1. The van der Waals surface area contributed by atoms with Crippen molar-refractivity contribution in [3.05, 3.63) is 217 Å². The van der Waals surface area contributed by atoms with E-state index in [1.54, 1.807) is 6.07 Å². The number of phenolic OH excluding ortho intramolecular Hbond substituents is 1. The van der Waals surface area contributed by atoms with E-state index >= 15 is 0 Å². The number of benzene rings is 6. The minimum Gasteiger partial charge on any atom is -0.507 e. The van der Waals surface area contributed by atoms with Gasteiger partial charge in [0, 0.05) is 43.9 Å². The number of hydrogen-bond acceptors (Lipinski definition) is 4. The number of nitrogens with zero attached hydrogens (tertiary/aromatic N) is 3. The second-order valence-electron chi connectivity index (χ2n) is 15.2. The van der Waals surface area contributed by atoms with Gasteiger partial charge in [0.1, 0.15) is 11.6 Å². The van der Waals surface area contributed by atoms with E-state index < -0.39 is 0 Å². The molecule has 0 spiro atoms. The Balaban J connectivity index is 0.00000496. The third kappa shape index (κ3) is 8.10. The molecule has 284 valence electrons. The Morgan fingerprint density at radius 3 is 1.67 bits per heavy atom. The first kappa shape index (κ1) is 39.2. The van der Waals surface area contributed by atoms with Crippen molar-refractivity contribution in [2.24, 2.45) is 0 Å². The van der Waals surface area contributed by atoms with Crippen molar-refractivity contribution in [1.29, 1.82) is 0 Å². The normalized spacial score (nSPS) is 11.4. The molecule has 0 aliphatic carbocycles. The van der Waals surface area contributed by atoms with Gasteiger partial charge in [0.2, 0.25) is 0 Å². The zero-order valence-electron chi connectivity index (χ0n) is 32.5. The number of aromatic hydroxyl groups is 1. The third-order valence-corrected chi connectivity index (χ3v) is 10.9. The molecule has 57 heavy (non-hydrogen) atoms. The van der Waals surface area contributed by atoms with E-state index in [1.165, 1.54) is 16.7 Å². The van der Waals surface area contributed by atoms with Gasteiger partial charge in [-0.2, -0.15) is 0 Å². The van der Waals surface area contributed by atoms with Crippen molar-refractivity contribution in [2.75, 3.05) is 4.90 Å². The number of rotatable bonds is 10. The van der Waals surface area contributed by atoms with Crippen LogP contribution in [0.15, 0.2) is 188 Å². The second kappa shape index (κ2) is 16.6. The quantitative estimate of drug-likeness (QED) is 0.139. The summed E-state index contributed by atoms with van der Waals surface area (Å²) in [6, 6.07) is 66.2. The molecule has 0 fully saturated rings. The fraction of sp³-hybridized carbons (Fsp3) is 0.115. The first-order valence-electron chi connectivity index (χ1n) is 19.1. The Labute approximate surface area is 350 Å². The van der Waals surface area contributed by atoms with E-state index in [2.05, 4.69) is 154 Å². The summed E-state index contributed by atoms with van der Waals surface area (Å²) in [5.74, 6) is 0.959. The molecule has 0 bridgehead atoms. The van der Waals surface area contributed by atoms with Gasteiger partial charge in [-0.1, -0.05) is 155 Å². The van der Waals surface area contributed by atoms with Gasteiger partial charge in [0.25, 0.3) is 0 Å². The molecule has 0 amide bonds. The van der Waals surface area contributed by atoms with Crippen molar-refractivity contribution in [2.45, 2.75) is 38.5 Å². The molecule has 0 radical (unpaired) electrons. The molecule has 5 heteroatoms. The summed E-state index contributed by atoms with van der Waals surface area (Å²) in [6.45, 7) is 9.06. The molecule has 0 atom stereocenters. The van der Waals surface area contributed by atoms with Crippen LogP contribution in [0.3, 0.4) is 0 Å². The maximum Gasteiger partial charge on any atom is 0.136 e. The smallest absolute Gasteiger partial charge is 0.136 e. The van der Waals surface area contributed by atoms with Crippen LogP contribution in [0.4, 0.5) is 17.2 Å². The van der Waals surface area contributed by atoms with Gasteiger partial charge in [0.05, 0.1) is 5.69 Å². The van der Waals surface area contributed by atoms with Crippen LogP contribution in [0.2, 0.25) is 0 Å². The maximum absolute atomic E-state index is 11.0. The van der Waals surface area contributed by atoms with Crippen molar-refractivity contribution in [3.63, 3.8) is 0 Å². The van der Waals surface area contributed by atoms with Crippen molar-refractivity contribution in [1.82, 2.24) is 9.97 Å². The molecule has 6 aromatic carbocycles. The van der Waals surface area contributed by atoms with Gasteiger partial charge in [-0.15, -0.1) is 29.3 Å². The zero-order chi connectivity index (χ0) is 38.7. The summed E-state index contributed by atoms with van der Waals surface area (Å²) in [7, 11) is 0. The van der Waals surface area contributed by atoms with E-state index in [4.69, 9.17) is 9.97 Å². The average molecular weight is 922 g/mol. The number of para-hydroxylation sites is 1. The van der Waals surface area contributed by atoms with E-state index in [0.717, 1.165) is 45.1 Å². The number of pyridine rings is 2. The molecule has 8 rings (SSSR count). The van der Waals surface area contributed by atoms with Gasteiger partial charge < -0.3 is 10.0 Å². The summed E-state index contributed by atoms with van der Waals surface area (Å²) in [5.41, 5.74) is 11.0. The molecule has 0 saturated heterocycles. The van der Waals surface area contributed by atoms with Gasteiger partial charge >= 0.3 is 0 Å². The Bertz CT molecular complexity index is 2570. The van der Waals surface area contributed by atoms with Gasteiger partial charge in [-0.3, -0.25) is 4.98 Å². The van der Waals surface area contributed by atoms with Crippen molar-refractivity contribution < 1.29 is 26.2 Å². The molecule has 8 aromatic rings. The number of anilines is 3. The molecule has 0 saturated carbocycles. The van der Waals surface area contributed by atoms with E-state index in [-0.39, 0.29) is 37.6 Å². The fourth-order valence-electron chi connectivity index (χ4n) is 7.42. The van der Waals surface area contributed by atoms with Crippen LogP contribution in [-0.4, -0.2) is 15.1 Å². The molecular formula is C52H44N3OPt-. The zero-order valence-corrected chi connectivity index (χ0v) is 34.8. The Morgan fingerprint density at radius 1 is 0.509 bits per heavy atom. The summed E-state index contributed by atoms with van der Waals surface area (Å²) in [5, 5.41) is 11.0. The molecule has 0 aliphatic heterocycles. The number of phenols is 1. The van der Waals surface area contributed by atoms with Crippen LogP contribution >= 0.6 is 0 Å². The fourth-order valence-corrected chi connectivity index (χ4v) is 7.42. The second-order valence-corrected chi connectivity index (χ2v) is 15.2. The van der Waals surface area contributed by atoms with Gasteiger partial charge in [-0.05, 0) is 87.1 Å².